The number of nitrogens with zero attached hydrogens (tertiary/aromatic N) is 1. The van der Waals surface area contributed by atoms with Crippen LogP contribution in [-0.4, -0.2) is 21.9 Å². The number of rotatable bonds is 2. The van der Waals surface area contributed by atoms with Crippen molar-refractivity contribution in [1.82, 2.24) is 10.3 Å². The van der Waals surface area contributed by atoms with Crippen molar-refractivity contribution >= 4 is 11.8 Å². The fraction of sp³-hybridized carbons (Fsp3) is 0.267. The number of carbonyl (C=O) groups excluding carboxylic acids is 2. The summed E-state index contributed by atoms with van der Waals surface area (Å²) in [4.78, 5) is 28.1. The van der Waals surface area contributed by atoms with Crippen LogP contribution in [0.15, 0.2) is 28.7 Å². The molecule has 2 N–H and O–H groups in total. The maximum absolute atomic E-state index is 12.2. The molecule has 21 heavy (non-hydrogen) atoms. The summed E-state index contributed by atoms with van der Waals surface area (Å²) in [5, 5.41) is 13.0. The zero-order valence-electron chi connectivity index (χ0n) is 11.6. The quantitative estimate of drug-likeness (QED) is 0.803. The van der Waals surface area contributed by atoms with Crippen molar-refractivity contribution in [3.8, 4) is 0 Å². The molecule has 2 heterocycles. The van der Waals surface area contributed by atoms with E-state index in [1.807, 2.05) is 0 Å². The molecule has 0 radical (unpaired) electrons. The van der Waals surface area contributed by atoms with Gasteiger partial charge in [-0.1, -0.05) is 18.2 Å². The molecular weight excluding hydrogens is 272 g/mol. The second kappa shape index (κ2) is 4.53. The van der Waals surface area contributed by atoms with Crippen LogP contribution in [0.2, 0.25) is 0 Å². The maximum Gasteiger partial charge on any atom is 0.263 e. The zero-order valence-corrected chi connectivity index (χ0v) is 11.6. The Morgan fingerprint density at radius 2 is 2.00 bits per heavy atom. The fourth-order valence-corrected chi connectivity index (χ4v) is 2.58. The van der Waals surface area contributed by atoms with Crippen LogP contribution in [0.3, 0.4) is 0 Å². The van der Waals surface area contributed by atoms with Crippen LogP contribution >= 0.6 is 0 Å². The summed E-state index contributed by atoms with van der Waals surface area (Å²) in [6.07, 6.45) is -0.0736. The SMILES string of the molecule is Cc1nc(C)c(CC2(O)C(=O)NC(=O)c3ccccc32)o1. The minimum Gasteiger partial charge on any atom is -0.446 e. The molecule has 1 atom stereocenters. The van der Waals surface area contributed by atoms with Crippen molar-refractivity contribution in [2.45, 2.75) is 25.9 Å². The summed E-state index contributed by atoms with van der Waals surface area (Å²) < 4.78 is 5.44. The standard InChI is InChI=1S/C15H14N2O4/c1-8-12(21-9(2)16-8)7-15(20)11-6-4-3-5-10(11)13(18)17-14(15)19/h3-6,20H,7H2,1-2H3,(H,17,18,19). The third kappa shape index (κ3) is 2.04. The number of imide groups is 1. The van der Waals surface area contributed by atoms with E-state index in [9.17, 15) is 14.7 Å². The smallest absolute Gasteiger partial charge is 0.263 e. The lowest BCUT2D eigenvalue weighted by atomic mass is 9.82. The van der Waals surface area contributed by atoms with Gasteiger partial charge in [0.15, 0.2) is 11.5 Å². The van der Waals surface area contributed by atoms with Gasteiger partial charge >= 0.3 is 0 Å². The number of carbonyl (C=O) groups is 2. The monoisotopic (exact) mass is 286 g/mol. The van der Waals surface area contributed by atoms with Crippen LogP contribution in [0.4, 0.5) is 0 Å². The second-order valence-corrected chi connectivity index (χ2v) is 5.11. The molecule has 0 fully saturated rings. The summed E-state index contributed by atoms with van der Waals surface area (Å²) in [5.41, 5.74) is -0.662. The molecule has 1 aliphatic heterocycles. The highest BCUT2D eigenvalue weighted by Gasteiger charge is 2.46. The topological polar surface area (TPSA) is 92.4 Å². The maximum atomic E-state index is 12.2. The lowest BCUT2D eigenvalue weighted by Crippen LogP contribution is -2.53. The minimum atomic E-state index is -1.85. The Morgan fingerprint density at radius 3 is 2.67 bits per heavy atom. The highest BCUT2D eigenvalue weighted by atomic mass is 16.4. The Labute approximate surface area is 120 Å². The first-order chi connectivity index (χ1) is 9.91. The molecule has 1 aliphatic rings. The van der Waals surface area contributed by atoms with Crippen LogP contribution in [0.5, 0.6) is 0 Å². The average molecular weight is 286 g/mol. The van der Waals surface area contributed by atoms with Gasteiger partial charge in [0, 0.05) is 24.5 Å². The molecule has 1 aromatic heterocycles. The van der Waals surface area contributed by atoms with E-state index in [0.29, 0.717) is 17.3 Å². The zero-order chi connectivity index (χ0) is 15.2. The van der Waals surface area contributed by atoms with Crippen LogP contribution in [0.1, 0.15) is 33.3 Å². The molecule has 6 heteroatoms. The van der Waals surface area contributed by atoms with Crippen molar-refractivity contribution in [3.63, 3.8) is 0 Å². The highest BCUT2D eigenvalue weighted by molar-refractivity contribution is 6.12. The van der Waals surface area contributed by atoms with Crippen LogP contribution in [-0.2, 0) is 16.8 Å². The number of hydrogen-bond donors (Lipinski definition) is 2. The molecular formula is C15H14N2O4. The van der Waals surface area contributed by atoms with E-state index in [1.54, 1.807) is 38.1 Å². The number of aliphatic hydroxyl groups is 1. The largest absolute Gasteiger partial charge is 0.446 e. The van der Waals surface area contributed by atoms with Crippen molar-refractivity contribution in [3.05, 3.63) is 52.7 Å². The number of oxazole rings is 1. The molecule has 3 rings (SSSR count). The average Bonchev–Trinajstić information content (AvgIpc) is 2.75. The number of benzene rings is 1. The highest BCUT2D eigenvalue weighted by Crippen LogP contribution is 2.33. The van der Waals surface area contributed by atoms with Gasteiger partial charge in [0.2, 0.25) is 0 Å². The van der Waals surface area contributed by atoms with Crippen LogP contribution < -0.4 is 5.32 Å². The van der Waals surface area contributed by atoms with Crippen molar-refractivity contribution < 1.29 is 19.1 Å². The Kier molecular flexibility index (Phi) is 2.91. The first-order valence-corrected chi connectivity index (χ1v) is 6.52. The molecule has 6 nitrogen and oxygen atoms in total. The van der Waals surface area contributed by atoms with E-state index in [0.717, 1.165) is 0 Å². The van der Waals surface area contributed by atoms with Gasteiger partial charge < -0.3 is 9.52 Å². The molecule has 0 bridgehead atoms. The molecule has 0 aliphatic carbocycles. The van der Waals surface area contributed by atoms with E-state index in [2.05, 4.69) is 10.3 Å². The summed E-state index contributed by atoms with van der Waals surface area (Å²) in [7, 11) is 0. The number of aryl methyl sites for hydroxylation is 2. The van der Waals surface area contributed by atoms with E-state index in [-0.39, 0.29) is 17.5 Å². The Bertz CT molecular complexity index is 750. The first kappa shape index (κ1) is 13.5. The summed E-state index contributed by atoms with van der Waals surface area (Å²) in [5.74, 6) is -0.369. The van der Waals surface area contributed by atoms with Gasteiger partial charge in [0.25, 0.3) is 11.8 Å². The molecule has 2 amide bonds. The second-order valence-electron chi connectivity index (χ2n) is 5.11. The Balaban J connectivity index is 2.11. The van der Waals surface area contributed by atoms with Crippen molar-refractivity contribution in [1.29, 1.82) is 0 Å². The van der Waals surface area contributed by atoms with Crippen molar-refractivity contribution in [2.75, 3.05) is 0 Å². The Hall–Kier alpha value is -2.47. The summed E-state index contributed by atoms with van der Waals surface area (Å²) >= 11 is 0. The number of amides is 2. The van der Waals surface area contributed by atoms with E-state index < -0.39 is 17.4 Å². The number of hydrogen-bond acceptors (Lipinski definition) is 5. The molecule has 0 saturated heterocycles. The number of nitrogens with one attached hydrogen (secondary N) is 1. The third-order valence-electron chi connectivity index (χ3n) is 3.64. The lowest BCUT2D eigenvalue weighted by Gasteiger charge is -2.31. The van der Waals surface area contributed by atoms with Crippen LogP contribution in [0.25, 0.3) is 0 Å². The number of aromatic nitrogens is 1. The van der Waals surface area contributed by atoms with E-state index >= 15 is 0 Å². The lowest BCUT2D eigenvalue weighted by molar-refractivity contribution is -0.140. The predicted molar refractivity (Wildman–Crippen MR) is 72.5 cm³/mol. The molecule has 1 unspecified atom stereocenters. The van der Waals surface area contributed by atoms with Crippen LogP contribution in [0, 0.1) is 13.8 Å². The van der Waals surface area contributed by atoms with Gasteiger partial charge in [0.05, 0.1) is 5.69 Å². The van der Waals surface area contributed by atoms with Gasteiger partial charge in [-0.05, 0) is 13.0 Å². The predicted octanol–water partition coefficient (Wildman–Crippen LogP) is 0.992. The number of fused-ring (bicyclic) bond motifs is 1. The first-order valence-electron chi connectivity index (χ1n) is 6.52. The molecule has 0 spiro atoms. The molecule has 108 valence electrons. The molecule has 2 aromatic rings. The normalized spacial score (nSPS) is 21.1. The van der Waals surface area contributed by atoms with Gasteiger partial charge in [0.1, 0.15) is 5.76 Å². The van der Waals surface area contributed by atoms with Gasteiger partial charge in [-0.15, -0.1) is 0 Å². The fourth-order valence-electron chi connectivity index (χ4n) is 2.58. The molecule has 1 aromatic carbocycles. The minimum absolute atomic E-state index is 0.0736. The van der Waals surface area contributed by atoms with Crippen molar-refractivity contribution in [2.24, 2.45) is 0 Å². The van der Waals surface area contributed by atoms with Gasteiger partial charge in [-0.25, -0.2) is 4.98 Å². The summed E-state index contributed by atoms with van der Waals surface area (Å²) in [6, 6.07) is 6.50. The third-order valence-corrected chi connectivity index (χ3v) is 3.64. The van der Waals surface area contributed by atoms with E-state index in [4.69, 9.17) is 4.42 Å². The Morgan fingerprint density at radius 1 is 1.29 bits per heavy atom. The van der Waals surface area contributed by atoms with E-state index in [1.165, 1.54) is 0 Å². The van der Waals surface area contributed by atoms with Gasteiger partial charge in [-0.3, -0.25) is 14.9 Å². The summed E-state index contributed by atoms with van der Waals surface area (Å²) in [6.45, 7) is 3.44. The van der Waals surface area contributed by atoms with Gasteiger partial charge in [-0.2, -0.15) is 0 Å². The molecule has 0 saturated carbocycles.